The molecule has 100 valence electrons. The predicted octanol–water partition coefficient (Wildman–Crippen LogP) is 2.47. The van der Waals surface area contributed by atoms with E-state index in [1.54, 1.807) is 0 Å². The number of halogens is 2. The number of aromatic carboxylic acids is 1. The molecule has 0 aliphatic heterocycles. The molecule has 0 bridgehead atoms. The molecule has 0 aromatic heterocycles. The smallest absolute Gasteiger partial charge is 0.335 e. The van der Waals surface area contributed by atoms with Crippen molar-refractivity contribution in [2.24, 2.45) is 0 Å². The molecule has 0 amide bonds. The molecular weight excluding hydrogens is 246 g/mol. The molecule has 1 rings (SSSR count). The number of hydrogen-bond acceptors (Lipinski definition) is 3. The van der Waals surface area contributed by atoms with E-state index in [1.165, 1.54) is 0 Å². The zero-order chi connectivity index (χ0) is 13.5. The van der Waals surface area contributed by atoms with Gasteiger partial charge in [0.25, 0.3) is 0 Å². The lowest BCUT2D eigenvalue weighted by Crippen LogP contribution is -2.10. The predicted molar refractivity (Wildman–Crippen MR) is 59.9 cm³/mol. The Hall–Kier alpha value is -1.69. The molecule has 0 atom stereocenters. The van der Waals surface area contributed by atoms with Crippen molar-refractivity contribution in [3.05, 3.63) is 29.3 Å². The van der Waals surface area contributed by atoms with Gasteiger partial charge in [-0.05, 0) is 18.6 Å². The van der Waals surface area contributed by atoms with E-state index >= 15 is 0 Å². The van der Waals surface area contributed by atoms with Crippen molar-refractivity contribution in [1.82, 2.24) is 0 Å². The summed E-state index contributed by atoms with van der Waals surface area (Å²) in [5.74, 6) is -4.06. The topological polar surface area (TPSA) is 55.8 Å². The molecule has 0 fully saturated rings. The fourth-order valence-electron chi connectivity index (χ4n) is 1.27. The van der Waals surface area contributed by atoms with E-state index in [1.807, 2.05) is 6.92 Å². The number of carbonyl (C=O) groups is 1. The van der Waals surface area contributed by atoms with Crippen LogP contribution in [0.5, 0.6) is 5.75 Å². The average molecular weight is 260 g/mol. The molecule has 6 heteroatoms. The van der Waals surface area contributed by atoms with Crippen molar-refractivity contribution in [2.75, 3.05) is 19.8 Å². The van der Waals surface area contributed by atoms with Gasteiger partial charge in [0, 0.05) is 6.61 Å². The Morgan fingerprint density at radius 2 is 1.83 bits per heavy atom. The summed E-state index contributed by atoms with van der Waals surface area (Å²) in [6, 6.07) is 1.43. The molecule has 0 heterocycles. The van der Waals surface area contributed by atoms with E-state index in [9.17, 15) is 13.6 Å². The van der Waals surface area contributed by atoms with Crippen LogP contribution in [0.1, 0.15) is 23.7 Å². The van der Waals surface area contributed by atoms with Crippen LogP contribution in [0.3, 0.4) is 0 Å². The maximum Gasteiger partial charge on any atom is 0.335 e. The molecule has 1 aromatic rings. The molecule has 4 nitrogen and oxygen atoms in total. The molecule has 0 saturated carbocycles. The third-order valence-electron chi connectivity index (χ3n) is 2.07. The van der Waals surface area contributed by atoms with Gasteiger partial charge in [-0.15, -0.1) is 0 Å². The Morgan fingerprint density at radius 3 is 2.33 bits per heavy atom. The third-order valence-corrected chi connectivity index (χ3v) is 2.07. The molecule has 0 radical (unpaired) electrons. The summed E-state index contributed by atoms with van der Waals surface area (Å²) in [6.45, 7) is 2.70. The van der Waals surface area contributed by atoms with Gasteiger partial charge in [-0.3, -0.25) is 0 Å². The van der Waals surface area contributed by atoms with Gasteiger partial charge in [-0.25, -0.2) is 13.6 Å². The molecule has 1 N–H and O–H groups in total. The van der Waals surface area contributed by atoms with Crippen LogP contribution in [0, 0.1) is 11.6 Å². The first-order chi connectivity index (χ1) is 8.56. The monoisotopic (exact) mass is 260 g/mol. The molecule has 1 aromatic carbocycles. The van der Waals surface area contributed by atoms with Gasteiger partial charge in [0.15, 0.2) is 17.4 Å². The summed E-state index contributed by atoms with van der Waals surface area (Å²) < 4.78 is 36.7. The molecule has 0 aliphatic carbocycles. The summed E-state index contributed by atoms with van der Waals surface area (Å²) in [5, 5.41) is 8.60. The van der Waals surface area contributed by atoms with Crippen LogP contribution in [0.15, 0.2) is 12.1 Å². The number of rotatable bonds is 7. The Morgan fingerprint density at radius 1 is 1.22 bits per heavy atom. The first kappa shape index (κ1) is 14.4. The lowest BCUT2D eigenvalue weighted by atomic mass is 10.2. The van der Waals surface area contributed by atoms with E-state index < -0.39 is 28.9 Å². The van der Waals surface area contributed by atoms with Crippen LogP contribution in [0.4, 0.5) is 8.78 Å². The average Bonchev–Trinajstić information content (AvgIpc) is 2.31. The van der Waals surface area contributed by atoms with Gasteiger partial charge in [0.1, 0.15) is 6.61 Å². The van der Waals surface area contributed by atoms with Crippen molar-refractivity contribution in [2.45, 2.75) is 13.3 Å². The second kappa shape index (κ2) is 6.90. The van der Waals surface area contributed by atoms with Gasteiger partial charge in [-0.2, -0.15) is 0 Å². The summed E-state index contributed by atoms with van der Waals surface area (Å²) >= 11 is 0. The van der Waals surface area contributed by atoms with Crippen molar-refractivity contribution in [3.8, 4) is 5.75 Å². The minimum absolute atomic E-state index is 0.000256. The molecular formula is C12H14F2O4. The number of carboxylic acids is 1. The number of ether oxygens (including phenoxy) is 2. The third kappa shape index (κ3) is 3.96. The minimum Gasteiger partial charge on any atom is -0.485 e. The van der Waals surface area contributed by atoms with Crippen LogP contribution in [0.2, 0.25) is 0 Å². The van der Waals surface area contributed by atoms with E-state index in [-0.39, 0.29) is 13.2 Å². The van der Waals surface area contributed by atoms with E-state index in [0.717, 1.165) is 6.42 Å². The van der Waals surface area contributed by atoms with E-state index in [0.29, 0.717) is 18.7 Å². The zero-order valence-electron chi connectivity index (χ0n) is 9.91. The molecule has 0 unspecified atom stereocenters. The van der Waals surface area contributed by atoms with Gasteiger partial charge in [-0.1, -0.05) is 6.92 Å². The van der Waals surface area contributed by atoms with Crippen molar-refractivity contribution in [3.63, 3.8) is 0 Å². The van der Waals surface area contributed by atoms with Crippen molar-refractivity contribution < 1.29 is 28.2 Å². The highest BCUT2D eigenvalue weighted by atomic mass is 19.1. The summed E-state index contributed by atoms with van der Waals surface area (Å²) in [7, 11) is 0. The van der Waals surface area contributed by atoms with Gasteiger partial charge in [0.2, 0.25) is 0 Å². The van der Waals surface area contributed by atoms with Crippen LogP contribution < -0.4 is 4.74 Å². The molecule has 18 heavy (non-hydrogen) atoms. The summed E-state index contributed by atoms with van der Waals surface area (Å²) in [5.41, 5.74) is -0.459. The van der Waals surface area contributed by atoms with Gasteiger partial charge in [0.05, 0.1) is 12.2 Å². The SMILES string of the molecule is CCCOCCOc1c(F)cc(C(=O)O)cc1F. The highest BCUT2D eigenvalue weighted by molar-refractivity contribution is 5.87. The maximum atomic E-state index is 13.4. The molecule has 0 saturated heterocycles. The van der Waals surface area contributed by atoms with Gasteiger partial charge >= 0.3 is 5.97 Å². The largest absolute Gasteiger partial charge is 0.485 e. The molecule has 0 spiro atoms. The standard InChI is InChI=1S/C12H14F2O4/c1-2-3-17-4-5-18-11-9(13)6-8(12(15)16)7-10(11)14/h6-7H,2-5H2,1H3,(H,15,16). The van der Waals surface area contributed by atoms with Crippen LogP contribution in [-0.4, -0.2) is 30.9 Å². The summed E-state index contributed by atoms with van der Waals surface area (Å²) in [4.78, 5) is 10.6. The van der Waals surface area contributed by atoms with Crippen LogP contribution in [-0.2, 0) is 4.74 Å². The van der Waals surface area contributed by atoms with Crippen LogP contribution in [0.25, 0.3) is 0 Å². The minimum atomic E-state index is -1.40. The number of carboxylic acid groups (broad SMARTS) is 1. The summed E-state index contributed by atoms with van der Waals surface area (Å²) in [6.07, 6.45) is 0.843. The Bertz CT molecular complexity index is 398. The first-order valence-corrected chi connectivity index (χ1v) is 5.49. The first-order valence-electron chi connectivity index (χ1n) is 5.49. The van der Waals surface area contributed by atoms with E-state index in [4.69, 9.17) is 14.6 Å². The van der Waals surface area contributed by atoms with Crippen molar-refractivity contribution >= 4 is 5.97 Å². The number of benzene rings is 1. The zero-order valence-corrected chi connectivity index (χ0v) is 9.91. The lowest BCUT2D eigenvalue weighted by Gasteiger charge is -2.09. The van der Waals surface area contributed by atoms with Crippen LogP contribution >= 0.6 is 0 Å². The normalized spacial score (nSPS) is 10.4. The lowest BCUT2D eigenvalue weighted by molar-refractivity contribution is 0.0695. The van der Waals surface area contributed by atoms with Gasteiger partial charge < -0.3 is 14.6 Å². The Balaban J connectivity index is 2.63. The highest BCUT2D eigenvalue weighted by Gasteiger charge is 2.15. The quantitative estimate of drug-likeness (QED) is 0.765. The molecule has 0 aliphatic rings. The van der Waals surface area contributed by atoms with Crippen molar-refractivity contribution in [1.29, 1.82) is 0 Å². The Labute approximate surface area is 103 Å². The maximum absolute atomic E-state index is 13.4. The number of hydrogen-bond donors (Lipinski definition) is 1. The fourth-order valence-corrected chi connectivity index (χ4v) is 1.27. The highest BCUT2D eigenvalue weighted by Crippen LogP contribution is 2.23. The second-order valence-electron chi connectivity index (χ2n) is 3.54. The fraction of sp³-hybridized carbons (Fsp3) is 0.417. The van der Waals surface area contributed by atoms with E-state index in [2.05, 4.69) is 0 Å². The Kier molecular flexibility index (Phi) is 5.51. The second-order valence-corrected chi connectivity index (χ2v) is 3.54.